The summed E-state index contributed by atoms with van der Waals surface area (Å²) in [5.74, 6) is -0.0872. The van der Waals surface area contributed by atoms with Gasteiger partial charge >= 0.3 is 0 Å². The first-order valence-electron chi connectivity index (χ1n) is 9.41. The number of ether oxygens (including phenoxy) is 1. The first-order valence-corrected chi connectivity index (χ1v) is 10.9. The molecule has 1 aliphatic carbocycles. The molecule has 0 bridgehead atoms. The van der Waals surface area contributed by atoms with Gasteiger partial charge in [0, 0.05) is 11.6 Å². The zero-order chi connectivity index (χ0) is 20.2. The first kappa shape index (κ1) is 22.6. The van der Waals surface area contributed by atoms with Crippen LogP contribution in [0.4, 0.5) is 8.78 Å². The van der Waals surface area contributed by atoms with Crippen molar-refractivity contribution in [1.29, 1.82) is 0 Å². The lowest BCUT2D eigenvalue weighted by atomic mass is 9.72. The van der Waals surface area contributed by atoms with Crippen molar-refractivity contribution in [2.24, 2.45) is 5.41 Å². The second kappa shape index (κ2) is 9.19. The van der Waals surface area contributed by atoms with Crippen molar-refractivity contribution < 1.29 is 17.7 Å². The second-order valence-electron chi connectivity index (χ2n) is 8.31. The summed E-state index contributed by atoms with van der Waals surface area (Å²) in [7, 11) is 0.0844. The number of alkyl halides is 1. The van der Waals surface area contributed by atoms with E-state index in [1.807, 2.05) is 20.8 Å². The molecule has 0 saturated heterocycles. The van der Waals surface area contributed by atoms with Gasteiger partial charge in [0.05, 0.1) is 40.6 Å². The van der Waals surface area contributed by atoms with Crippen molar-refractivity contribution in [3.63, 3.8) is 0 Å². The minimum absolute atomic E-state index is 0.0312. The highest BCUT2D eigenvalue weighted by molar-refractivity contribution is 7.84. The molecule has 1 N–H and O–H groups in total. The Bertz CT molecular complexity index is 673. The van der Waals surface area contributed by atoms with E-state index in [-0.39, 0.29) is 10.4 Å². The van der Waals surface area contributed by atoms with Gasteiger partial charge in [-0.15, -0.1) is 0 Å². The smallest absolute Gasteiger partial charge is 0.146 e. The molecule has 1 saturated carbocycles. The Morgan fingerprint density at radius 1 is 1.33 bits per heavy atom. The van der Waals surface area contributed by atoms with Crippen LogP contribution in [0.25, 0.3) is 0 Å². The van der Waals surface area contributed by atoms with Gasteiger partial charge in [0.15, 0.2) is 0 Å². The van der Waals surface area contributed by atoms with Crippen LogP contribution in [0.5, 0.6) is 5.75 Å². The summed E-state index contributed by atoms with van der Waals surface area (Å²) in [6, 6.07) is 2.52. The molecule has 1 aromatic rings. The third-order valence-electron chi connectivity index (χ3n) is 5.38. The summed E-state index contributed by atoms with van der Waals surface area (Å²) in [4.78, 5) is 0. The molecule has 154 valence electrons. The number of methoxy groups -OCH3 is 1. The molecule has 2 atom stereocenters. The second-order valence-corrected chi connectivity index (χ2v) is 10.7. The van der Waals surface area contributed by atoms with Crippen molar-refractivity contribution >= 4 is 22.6 Å². The lowest BCUT2D eigenvalue weighted by Gasteiger charge is -2.40. The Morgan fingerprint density at radius 2 is 1.96 bits per heavy atom. The largest absolute Gasteiger partial charge is 0.497 e. The molecule has 0 aromatic heterocycles. The van der Waals surface area contributed by atoms with Gasteiger partial charge < -0.3 is 4.74 Å². The Morgan fingerprint density at radius 3 is 2.48 bits per heavy atom. The number of benzene rings is 1. The SMILES string of the molecule is COc1cc(Cl)c(F)c([C@@H](NS(=O)C(C)(C)C)C2(CCCF)CCCC2)c1. The van der Waals surface area contributed by atoms with Crippen LogP contribution in [0.3, 0.4) is 0 Å². The molecule has 1 aliphatic rings. The Labute approximate surface area is 168 Å². The average molecular weight is 422 g/mol. The molecule has 0 aliphatic heterocycles. The highest BCUT2D eigenvalue weighted by Crippen LogP contribution is 2.52. The van der Waals surface area contributed by atoms with Crippen molar-refractivity contribution in [2.75, 3.05) is 13.8 Å². The third kappa shape index (κ3) is 5.21. The first-order chi connectivity index (χ1) is 12.6. The van der Waals surface area contributed by atoms with Crippen molar-refractivity contribution in [2.45, 2.75) is 70.1 Å². The summed E-state index contributed by atoms with van der Waals surface area (Å²) in [5.41, 5.74) is -0.0125. The van der Waals surface area contributed by atoms with E-state index in [0.29, 0.717) is 24.2 Å². The quantitative estimate of drug-likeness (QED) is 0.568. The number of halogens is 3. The zero-order valence-corrected chi connectivity index (χ0v) is 18.1. The maximum absolute atomic E-state index is 15.1. The molecule has 7 heteroatoms. The molecule has 0 amide bonds. The van der Waals surface area contributed by atoms with Crippen molar-refractivity contribution in [3.8, 4) is 5.75 Å². The summed E-state index contributed by atoms with van der Waals surface area (Å²) in [6.07, 6.45) is 4.66. The van der Waals surface area contributed by atoms with Crippen LogP contribution in [0.1, 0.15) is 70.9 Å². The maximum atomic E-state index is 15.1. The van der Waals surface area contributed by atoms with Crippen LogP contribution in [-0.2, 0) is 11.0 Å². The van der Waals surface area contributed by atoms with Crippen LogP contribution in [0.2, 0.25) is 5.02 Å². The summed E-state index contributed by atoms with van der Waals surface area (Å²) in [6.45, 7) is 5.18. The summed E-state index contributed by atoms with van der Waals surface area (Å²) >= 11 is 6.11. The van der Waals surface area contributed by atoms with Crippen molar-refractivity contribution in [3.05, 3.63) is 28.5 Å². The molecule has 1 aromatic carbocycles. The van der Waals surface area contributed by atoms with E-state index in [1.165, 1.54) is 13.2 Å². The Hall–Kier alpha value is -0.720. The minimum Gasteiger partial charge on any atom is -0.497 e. The highest BCUT2D eigenvalue weighted by Gasteiger charge is 2.44. The summed E-state index contributed by atoms with van der Waals surface area (Å²) < 4.78 is 48.9. The van der Waals surface area contributed by atoms with Gasteiger partial charge in [-0.3, -0.25) is 4.39 Å². The van der Waals surface area contributed by atoms with Crippen molar-refractivity contribution in [1.82, 2.24) is 4.72 Å². The van der Waals surface area contributed by atoms with E-state index in [1.54, 1.807) is 6.07 Å². The maximum Gasteiger partial charge on any atom is 0.146 e. The van der Waals surface area contributed by atoms with E-state index in [4.69, 9.17) is 16.3 Å². The van der Waals surface area contributed by atoms with Gasteiger partial charge in [0.1, 0.15) is 11.6 Å². The minimum atomic E-state index is -1.41. The van der Waals surface area contributed by atoms with E-state index in [2.05, 4.69) is 4.72 Å². The number of hydrogen-bond donors (Lipinski definition) is 1. The molecule has 1 unspecified atom stereocenters. The van der Waals surface area contributed by atoms with Crippen LogP contribution < -0.4 is 9.46 Å². The van der Waals surface area contributed by atoms with Gasteiger partial charge in [-0.05, 0) is 57.9 Å². The molecular formula is C20H30ClF2NO2S. The Balaban J connectivity index is 2.56. The molecule has 27 heavy (non-hydrogen) atoms. The highest BCUT2D eigenvalue weighted by atomic mass is 35.5. The van der Waals surface area contributed by atoms with Crippen LogP contribution in [0, 0.1) is 11.2 Å². The lowest BCUT2D eigenvalue weighted by Crippen LogP contribution is -2.43. The Kier molecular flexibility index (Phi) is 7.68. The molecule has 0 radical (unpaired) electrons. The van der Waals surface area contributed by atoms with Gasteiger partial charge in [-0.1, -0.05) is 24.4 Å². The molecule has 2 rings (SSSR count). The fourth-order valence-electron chi connectivity index (χ4n) is 3.90. The fourth-order valence-corrected chi connectivity index (χ4v) is 5.06. The topological polar surface area (TPSA) is 38.3 Å². The van der Waals surface area contributed by atoms with E-state index < -0.39 is 34.3 Å². The van der Waals surface area contributed by atoms with Crippen LogP contribution >= 0.6 is 11.6 Å². The molecule has 0 heterocycles. The monoisotopic (exact) mass is 421 g/mol. The zero-order valence-electron chi connectivity index (χ0n) is 16.5. The fraction of sp³-hybridized carbons (Fsp3) is 0.700. The predicted octanol–water partition coefficient (Wildman–Crippen LogP) is 5.89. The third-order valence-corrected chi connectivity index (χ3v) is 7.21. The van der Waals surface area contributed by atoms with E-state index in [0.717, 1.165) is 25.7 Å². The van der Waals surface area contributed by atoms with Gasteiger partial charge in [0.25, 0.3) is 0 Å². The van der Waals surface area contributed by atoms with E-state index >= 15 is 4.39 Å². The van der Waals surface area contributed by atoms with Crippen LogP contribution in [-0.4, -0.2) is 22.7 Å². The molecule has 1 fully saturated rings. The normalized spacial score (nSPS) is 19.1. The van der Waals surface area contributed by atoms with Crippen LogP contribution in [0.15, 0.2) is 12.1 Å². The van der Waals surface area contributed by atoms with Gasteiger partial charge in [-0.25, -0.2) is 13.3 Å². The van der Waals surface area contributed by atoms with E-state index in [9.17, 15) is 8.60 Å². The average Bonchev–Trinajstić information content (AvgIpc) is 3.09. The number of rotatable bonds is 8. The number of hydrogen-bond acceptors (Lipinski definition) is 2. The standard InChI is InChI=1S/C20H30ClF2NO2S/c1-19(2,3)27(25)24-18(20(10-7-11-22)8-5-6-9-20)15-12-14(26-4)13-16(21)17(15)23/h12-13,18,24H,5-11H2,1-4H3/t18-,27?/m1/s1. The molecular weight excluding hydrogens is 392 g/mol. The lowest BCUT2D eigenvalue weighted by molar-refractivity contribution is 0.184. The molecule has 0 spiro atoms. The van der Waals surface area contributed by atoms with Gasteiger partial charge in [0.2, 0.25) is 0 Å². The molecule has 3 nitrogen and oxygen atoms in total. The summed E-state index contributed by atoms with van der Waals surface area (Å²) in [5, 5.41) is -0.0312. The van der Waals surface area contributed by atoms with Gasteiger partial charge in [-0.2, -0.15) is 0 Å². The predicted molar refractivity (Wildman–Crippen MR) is 108 cm³/mol. The number of nitrogens with one attached hydrogen (secondary N) is 1.